The molecule has 6 heteroatoms. The Balaban J connectivity index is 2.06. The first-order valence-corrected chi connectivity index (χ1v) is 8.59. The number of carbonyl (C=O) groups excluding carboxylic acids is 1. The maximum atomic E-state index is 13.7. The van der Waals surface area contributed by atoms with Gasteiger partial charge in [0, 0.05) is 24.7 Å². The fourth-order valence-electron chi connectivity index (χ4n) is 2.77. The number of carbonyl (C=O) groups is 1. The van der Waals surface area contributed by atoms with Gasteiger partial charge >= 0.3 is 0 Å². The van der Waals surface area contributed by atoms with Crippen LogP contribution in [-0.4, -0.2) is 22.5 Å². The summed E-state index contributed by atoms with van der Waals surface area (Å²) in [6, 6.07) is 14.8. The molecule has 0 saturated heterocycles. The molecule has 0 aliphatic carbocycles. The number of phenolic OH excluding ortho intramolecular Hbond substituents is 1. The summed E-state index contributed by atoms with van der Waals surface area (Å²) in [5, 5.41) is 16.0. The molecular formula is C21H20FN3O2. The minimum atomic E-state index is -0.445. The summed E-state index contributed by atoms with van der Waals surface area (Å²) in [5.74, 6) is 0.00808. The van der Waals surface area contributed by atoms with Gasteiger partial charge in [0.25, 0.3) is 0 Å². The normalized spacial score (nSPS) is 10.5. The molecule has 0 radical (unpaired) electrons. The predicted molar refractivity (Wildman–Crippen MR) is 105 cm³/mol. The van der Waals surface area contributed by atoms with Gasteiger partial charge < -0.3 is 15.7 Å². The zero-order valence-corrected chi connectivity index (χ0v) is 15.1. The van der Waals surface area contributed by atoms with E-state index in [1.807, 2.05) is 37.3 Å². The van der Waals surface area contributed by atoms with Crippen molar-refractivity contribution in [1.29, 1.82) is 0 Å². The molecule has 138 valence electrons. The van der Waals surface area contributed by atoms with E-state index in [0.29, 0.717) is 29.3 Å². The van der Waals surface area contributed by atoms with Crippen LogP contribution in [-0.2, 0) is 4.79 Å². The van der Waals surface area contributed by atoms with Gasteiger partial charge in [0.1, 0.15) is 17.4 Å². The van der Waals surface area contributed by atoms with Crippen LogP contribution in [0.1, 0.15) is 13.8 Å². The van der Waals surface area contributed by atoms with Crippen molar-refractivity contribution in [3.8, 4) is 28.1 Å². The van der Waals surface area contributed by atoms with Gasteiger partial charge in [0.05, 0.1) is 5.69 Å². The minimum Gasteiger partial charge on any atom is -0.507 e. The molecule has 27 heavy (non-hydrogen) atoms. The lowest BCUT2D eigenvalue weighted by Gasteiger charge is -2.12. The largest absolute Gasteiger partial charge is 0.507 e. The van der Waals surface area contributed by atoms with Gasteiger partial charge in [0.15, 0.2) is 0 Å². The van der Waals surface area contributed by atoms with Gasteiger partial charge in [-0.2, -0.15) is 0 Å². The first-order valence-electron chi connectivity index (χ1n) is 8.59. The Hall–Kier alpha value is -3.41. The van der Waals surface area contributed by atoms with Crippen molar-refractivity contribution in [2.24, 2.45) is 0 Å². The highest BCUT2D eigenvalue weighted by Gasteiger charge is 2.11. The predicted octanol–water partition coefficient (Wildman–Crippen LogP) is 4.65. The van der Waals surface area contributed by atoms with Crippen molar-refractivity contribution < 1.29 is 14.3 Å². The van der Waals surface area contributed by atoms with Crippen LogP contribution in [0.25, 0.3) is 22.4 Å². The van der Waals surface area contributed by atoms with Crippen LogP contribution >= 0.6 is 0 Å². The van der Waals surface area contributed by atoms with E-state index in [0.717, 1.165) is 11.1 Å². The zero-order valence-electron chi connectivity index (χ0n) is 15.1. The maximum absolute atomic E-state index is 13.7. The van der Waals surface area contributed by atoms with E-state index in [4.69, 9.17) is 0 Å². The first kappa shape index (κ1) is 18.4. The van der Waals surface area contributed by atoms with Crippen LogP contribution in [0.4, 0.5) is 15.9 Å². The van der Waals surface area contributed by atoms with Gasteiger partial charge in [-0.1, -0.05) is 12.1 Å². The van der Waals surface area contributed by atoms with Crippen LogP contribution in [0, 0.1) is 5.82 Å². The van der Waals surface area contributed by atoms with Crippen molar-refractivity contribution in [1.82, 2.24) is 4.98 Å². The van der Waals surface area contributed by atoms with E-state index in [1.165, 1.54) is 25.1 Å². The molecule has 0 unspecified atom stereocenters. The summed E-state index contributed by atoms with van der Waals surface area (Å²) in [6.07, 6.45) is 0. The van der Waals surface area contributed by atoms with Crippen molar-refractivity contribution in [3.05, 3.63) is 60.4 Å². The van der Waals surface area contributed by atoms with E-state index in [-0.39, 0.29) is 11.7 Å². The molecule has 1 amide bonds. The molecule has 0 aliphatic heterocycles. The summed E-state index contributed by atoms with van der Waals surface area (Å²) in [4.78, 5) is 15.6. The number of aromatic hydroxyl groups is 1. The van der Waals surface area contributed by atoms with E-state index in [2.05, 4.69) is 15.6 Å². The van der Waals surface area contributed by atoms with Gasteiger partial charge in [0.2, 0.25) is 5.91 Å². The Labute approximate surface area is 156 Å². The lowest BCUT2D eigenvalue weighted by Crippen LogP contribution is -2.05. The second-order valence-corrected chi connectivity index (χ2v) is 6.08. The Morgan fingerprint density at radius 1 is 1.07 bits per heavy atom. The molecule has 1 aromatic heterocycles. The van der Waals surface area contributed by atoms with Crippen molar-refractivity contribution in [2.45, 2.75) is 13.8 Å². The lowest BCUT2D eigenvalue weighted by atomic mass is 10.0. The highest BCUT2D eigenvalue weighted by atomic mass is 19.1. The number of phenols is 1. The summed E-state index contributed by atoms with van der Waals surface area (Å²) in [5.41, 5.74) is 3.25. The average Bonchev–Trinajstić information content (AvgIpc) is 2.64. The molecule has 3 aromatic rings. The number of hydrogen-bond acceptors (Lipinski definition) is 4. The summed E-state index contributed by atoms with van der Waals surface area (Å²) in [7, 11) is 0. The second-order valence-electron chi connectivity index (χ2n) is 6.08. The third-order valence-electron chi connectivity index (χ3n) is 3.96. The molecule has 0 saturated carbocycles. The number of halogens is 1. The maximum Gasteiger partial charge on any atom is 0.221 e. The quantitative estimate of drug-likeness (QED) is 0.615. The number of pyridine rings is 1. The molecular weight excluding hydrogens is 345 g/mol. The molecule has 0 atom stereocenters. The molecule has 0 fully saturated rings. The Morgan fingerprint density at radius 3 is 2.48 bits per heavy atom. The molecule has 3 rings (SSSR count). The monoisotopic (exact) mass is 365 g/mol. The number of nitrogens with zero attached hydrogens (tertiary/aromatic N) is 1. The number of benzene rings is 2. The van der Waals surface area contributed by atoms with Crippen molar-refractivity contribution >= 4 is 17.4 Å². The fourth-order valence-corrected chi connectivity index (χ4v) is 2.77. The summed E-state index contributed by atoms with van der Waals surface area (Å²) < 4.78 is 13.7. The van der Waals surface area contributed by atoms with Gasteiger partial charge in [-0.15, -0.1) is 0 Å². The van der Waals surface area contributed by atoms with Crippen LogP contribution in [0.3, 0.4) is 0 Å². The Bertz CT molecular complexity index is 972. The standard InChI is InChI=1S/C21H20FN3O2/c1-3-23-21-11-15(14-4-7-17(8-5-14)24-13(2)26)10-19(25-21)18-12-16(22)6-9-20(18)27/h4-12,27H,3H2,1-2H3,(H,23,25)(H,24,26). The SMILES string of the molecule is CCNc1cc(-c2ccc(NC(C)=O)cc2)cc(-c2cc(F)ccc2O)n1. The van der Waals surface area contributed by atoms with E-state index < -0.39 is 5.82 Å². The number of amides is 1. The van der Waals surface area contributed by atoms with Gasteiger partial charge in [-0.25, -0.2) is 9.37 Å². The van der Waals surface area contributed by atoms with Crippen molar-refractivity contribution in [2.75, 3.05) is 17.2 Å². The number of hydrogen-bond donors (Lipinski definition) is 3. The topological polar surface area (TPSA) is 74.2 Å². The van der Waals surface area contributed by atoms with Crippen molar-refractivity contribution in [3.63, 3.8) is 0 Å². The number of aromatic nitrogens is 1. The molecule has 1 heterocycles. The number of rotatable bonds is 5. The Morgan fingerprint density at radius 2 is 1.81 bits per heavy atom. The van der Waals surface area contributed by atoms with Crippen LogP contribution < -0.4 is 10.6 Å². The van der Waals surface area contributed by atoms with E-state index in [1.54, 1.807) is 6.07 Å². The van der Waals surface area contributed by atoms with E-state index >= 15 is 0 Å². The first-order chi connectivity index (χ1) is 13.0. The van der Waals surface area contributed by atoms with Gasteiger partial charge in [-0.05, 0) is 60.5 Å². The molecule has 0 aliphatic rings. The molecule has 2 aromatic carbocycles. The highest BCUT2D eigenvalue weighted by molar-refractivity contribution is 5.89. The van der Waals surface area contributed by atoms with Gasteiger partial charge in [-0.3, -0.25) is 4.79 Å². The Kier molecular flexibility index (Phi) is 5.35. The lowest BCUT2D eigenvalue weighted by molar-refractivity contribution is -0.114. The summed E-state index contributed by atoms with van der Waals surface area (Å²) >= 11 is 0. The molecule has 3 N–H and O–H groups in total. The van der Waals surface area contributed by atoms with Crippen LogP contribution in [0.5, 0.6) is 5.75 Å². The highest BCUT2D eigenvalue weighted by Crippen LogP contribution is 2.33. The zero-order chi connectivity index (χ0) is 19.4. The van der Waals surface area contributed by atoms with E-state index in [9.17, 15) is 14.3 Å². The number of nitrogens with one attached hydrogen (secondary N) is 2. The third kappa shape index (κ3) is 4.41. The third-order valence-corrected chi connectivity index (χ3v) is 3.96. The average molecular weight is 365 g/mol. The van der Waals surface area contributed by atoms with Crippen LogP contribution in [0.15, 0.2) is 54.6 Å². The minimum absolute atomic E-state index is 0.0375. The molecule has 5 nitrogen and oxygen atoms in total. The smallest absolute Gasteiger partial charge is 0.221 e. The number of anilines is 2. The van der Waals surface area contributed by atoms with Crippen LogP contribution in [0.2, 0.25) is 0 Å². The molecule has 0 spiro atoms. The summed E-state index contributed by atoms with van der Waals surface area (Å²) in [6.45, 7) is 4.08. The fraction of sp³-hybridized carbons (Fsp3) is 0.143. The molecule has 0 bridgehead atoms. The second kappa shape index (κ2) is 7.86.